The highest BCUT2D eigenvalue weighted by atomic mass is 19.1. The lowest BCUT2D eigenvalue weighted by Gasteiger charge is -2.33. The van der Waals surface area contributed by atoms with Gasteiger partial charge in [0.25, 0.3) is 0 Å². The molecule has 0 atom stereocenters. The summed E-state index contributed by atoms with van der Waals surface area (Å²) in [6.45, 7) is 4.03. The Morgan fingerprint density at radius 1 is 1.25 bits per heavy atom. The van der Waals surface area contributed by atoms with Crippen LogP contribution in [0.1, 0.15) is 31.2 Å². The molecule has 1 aromatic carbocycles. The summed E-state index contributed by atoms with van der Waals surface area (Å²) in [5.41, 5.74) is 1.02. The normalized spacial score (nSPS) is 19.2. The zero-order valence-corrected chi connectivity index (χ0v) is 13.8. The van der Waals surface area contributed by atoms with Gasteiger partial charge in [-0.3, -0.25) is 9.69 Å². The molecule has 0 unspecified atom stereocenters. The van der Waals surface area contributed by atoms with Gasteiger partial charge in [0, 0.05) is 32.2 Å². The van der Waals surface area contributed by atoms with E-state index in [9.17, 15) is 9.18 Å². The first kappa shape index (κ1) is 16.7. The molecule has 0 aliphatic carbocycles. The molecular weight excluding hydrogens is 307 g/mol. The summed E-state index contributed by atoms with van der Waals surface area (Å²) in [4.78, 5) is 16.4. The molecule has 0 spiro atoms. The fraction of sp³-hybridized carbons (Fsp3) is 0.556. The molecule has 2 aliphatic heterocycles. The predicted molar refractivity (Wildman–Crippen MR) is 90.0 cm³/mol. The molecule has 6 heteroatoms. The third kappa shape index (κ3) is 4.04. The number of carbonyl (C=O) groups is 1. The maximum absolute atomic E-state index is 13.2. The third-order valence-electron chi connectivity index (χ3n) is 4.87. The van der Waals surface area contributed by atoms with Gasteiger partial charge in [0.05, 0.1) is 17.8 Å². The van der Waals surface area contributed by atoms with Crippen LogP contribution in [0.4, 0.5) is 10.1 Å². The lowest BCUT2D eigenvalue weighted by Crippen LogP contribution is -2.44. The number of amides is 1. The van der Waals surface area contributed by atoms with E-state index in [1.807, 2.05) is 11.0 Å². The molecule has 0 aromatic heterocycles. The molecule has 1 N–H and O–H groups in total. The average molecular weight is 330 g/mol. The first-order valence-electron chi connectivity index (χ1n) is 8.62. The van der Waals surface area contributed by atoms with E-state index < -0.39 is 5.82 Å². The Balaban J connectivity index is 1.48. The minimum atomic E-state index is -0.396. The number of hydrogen-bond donors (Lipinski definition) is 1. The summed E-state index contributed by atoms with van der Waals surface area (Å²) in [5, 5.41) is 12.5. The fourth-order valence-corrected chi connectivity index (χ4v) is 3.45. The molecule has 3 rings (SSSR count). The Morgan fingerprint density at radius 2 is 1.96 bits per heavy atom. The Labute approximate surface area is 142 Å². The van der Waals surface area contributed by atoms with E-state index in [0.29, 0.717) is 17.8 Å². The van der Waals surface area contributed by atoms with Crippen molar-refractivity contribution in [2.75, 3.05) is 38.0 Å². The first-order chi connectivity index (χ1) is 11.7. The van der Waals surface area contributed by atoms with Gasteiger partial charge < -0.3 is 10.2 Å². The van der Waals surface area contributed by atoms with Gasteiger partial charge in [-0.25, -0.2) is 4.39 Å². The maximum atomic E-state index is 13.2. The van der Waals surface area contributed by atoms with Crippen molar-refractivity contribution < 1.29 is 9.18 Å². The molecule has 1 aromatic rings. The van der Waals surface area contributed by atoms with Crippen LogP contribution in [0.2, 0.25) is 0 Å². The summed E-state index contributed by atoms with van der Waals surface area (Å²) >= 11 is 0. The highest BCUT2D eigenvalue weighted by Gasteiger charge is 2.24. The average Bonchev–Trinajstić information content (AvgIpc) is 3.13. The SMILES string of the molecule is N#Cc1cc(F)ccc1NC1CCN(CC(=O)N2CCCC2)CC1. The van der Waals surface area contributed by atoms with Crippen LogP contribution in [0.25, 0.3) is 0 Å². The zero-order chi connectivity index (χ0) is 16.9. The summed E-state index contributed by atoms with van der Waals surface area (Å²) in [5.74, 6) is -0.156. The van der Waals surface area contributed by atoms with Crippen molar-refractivity contribution >= 4 is 11.6 Å². The molecule has 0 saturated carbocycles. The van der Waals surface area contributed by atoms with Crippen LogP contribution in [-0.4, -0.2) is 54.5 Å². The largest absolute Gasteiger partial charge is 0.381 e. The van der Waals surface area contributed by atoms with Crippen LogP contribution >= 0.6 is 0 Å². The van der Waals surface area contributed by atoms with Crippen molar-refractivity contribution in [1.82, 2.24) is 9.80 Å². The van der Waals surface area contributed by atoms with Gasteiger partial charge in [-0.1, -0.05) is 0 Å². The highest BCUT2D eigenvalue weighted by molar-refractivity contribution is 5.78. The highest BCUT2D eigenvalue weighted by Crippen LogP contribution is 2.21. The lowest BCUT2D eigenvalue weighted by molar-refractivity contribution is -0.131. The van der Waals surface area contributed by atoms with Crippen LogP contribution in [0.15, 0.2) is 18.2 Å². The van der Waals surface area contributed by atoms with Gasteiger partial charge in [-0.05, 0) is 43.9 Å². The van der Waals surface area contributed by atoms with Crippen molar-refractivity contribution in [2.24, 2.45) is 0 Å². The van der Waals surface area contributed by atoms with E-state index in [-0.39, 0.29) is 11.9 Å². The molecule has 1 amide bonds. The van der Waals surface area contributed by atoms with Crippen molar-refractivity contribution in [3.8, 4) is 6.07 Å². The number of hydrogen-bond acceptors (Lipinski definition) is 4. The molecule has 2 fully saturated rings. The quantitative estimate of drug-likeness (QED) is 0.919. The molecule has 128 valence electrons. The van der Waals surface area contributed by atoms with Crippen molar-refractivity contribution in [3.63, 3.8) is 0 Å². The molecule has 0 radical (unpaired) electrons. The van der Waals surface area contributed by atoms with Crippen LogP contribution in [-0.2, 0) is 4.79 Å². The van der Waals surface area contributed by atoms with E-state index in [2.05, 4.69) is 10.2 Å². The third-order valence-corrected chi connectivity index (χ3v) is 4.87. The predicted octanol–water partition coefficient (Wildman–Crippen LogP) is 2.20. The Bertz CT molecular complexity index is 628. The van der Waals surface area contributed by atoms with E-state index in [4.69, 9.17) is 5.26 Å². The van der Waals surface area contributed by atoms with Gasteiger partial charge in [0.2, 0.25) is 5.91 Å². The lowest BCUT2D eigenvalue weighted by atomic mass is 10.0. The molecule has 24 heavy (non-hydrogen) atoms. The minimum Gasteiger partial charge on any atom is -0.381 e. The van der Waals surface area contributed by atoms with Crippen LogP contribution in [0.3, 0.4) is 0 Å². The second kappa shape index (κ2) is 7.63. The topological polar surface area (TPSA) is 59.4 Å². The van der Waals surface area contributed by atoms with E-state index >= 15 is 0 Å². The summed E-state index contributed by atoms with van der Waals surface area (Å²) in [6.07, 6.45) is 4.07. The molecular formula is C18H23FN4O. The van der Waals surface area contributed by atoms with Crippen LogP contribution in [0, 0.1) is 17.1 Å². The van der Waals surface area contributed by atoms with Crippen LogP contribution < -0.4 is 5.32 Å². The first-order valence-corrected chi connectivity index (χ1v) is 8.62. The van der Waals surface area contributed by atoms with E-state index in [0.717, 1.165) is 51.9 Å². The number of nitriles is 1. The number of halogens is 1. The number of rotatable bonds is 4. The number of anilines is 1. The maximum Gasteiger partial charge on any atom is 0.236 e. The number of nitrogens with one attached hydrogen (secondary N) is 1. The number of benzene rings is 1. The Kier molecular flexibility index (Phi) is 5.31. The van der Waals surface area contributed by atoms with Gasteiger partial charge in [-0.2, -0.15) is 5.26 Å². The summed E-state index contributed by atoms with van der Waals surface area (Å²) in [7, 11) is 0. The molecule has 0 bridgehead atoms. The number of carbonyl (C=O) groups excluding carboxylic acids is 1. The molecule has 2 saturated heterocycles. The standard InChI is InChI=1S/C18H23FN4O/c19-15-3-4-17(14(11-15)12-20)21-16-5-9-22(10-6-16)13-18(24)23-7-1-2-8-23/h3-4,11,16,21H,1-2,5-10,13H2. The smallest absolute Gasteiger partial charge is 0.236 e. The van der Waals surface area contributed by atoms with Gasteiger partial charge in [0.15, 0.2) is 0 Å². The number of nitrogens with zero attached hydrogens (tertiary/aromatic N) is 3. The number of piperidine rings is 1. The zero-order valence-electron chi connectivity index (χ0n) is 13.8. The van der Waals surface area contributed by atoms with Crippen molar-refractivity contribution in [1.29, 1.82) is 5.26 Å². The Hall–Kier alpha value is -2.13. The second-order valence-corrected chi connectivity index (χ2v) is 6.58. The second-order valence-electron chi connectivity index (χ2n) is 6.58. The van der Waals surface area contributed by atoms with Gasteiger partial charge in [0.1, 0.15) is 11.9 Å². The molecule has 2 aliphatic rings. The summed E-state index contributed by atoms with van der Waals surface area (Å²) < 4.78 is 13.2. The van der Waals surface area contributed by atoms with Gasteiger partial charge >= 0.3 is 0 Å². The van der Waals surface area contributed by atoms with E-state index in [1.54, 1.807) is 6.07 Å². The van der Waals surface area contributed by atoms with Crippen molar-refractivity contribution in [3.05, 3.63) is 29.6 Å². The van der Waals surface area contributed by atoms with Crippen LogP contribution in [0.5, 0.6) is 0 Å². The minimum absolute atomic E-state index is 0.240. The van der Waals surface area contributed by atoms with Gasteiger partial charge in [-0.15, -0.1) is 0 Å². The number of likely N-dealkylation sites (tertiary alicyclic amines) is 2. The Morgan fingerprint density at radius 3 is 2.62 bits per heavy atom. The monoisotopic (exact) mass is 330 g/mol. The fourth-order valence-electron chi connectivity index (χ4n) is 3.45. The van der Waals surface area contributed by atoms with E-state index in [1.165, 1.54) is 12.1 Å². The molecule has 2 heterocycles. The van der Waals surface area contributed by atoms with Crippen molar-refractivity contribution in [2.45, 2.75) is 31.7 Å². The molecule has 5 nitrogen and oxygen atoms in total. The summed E-state index contributed by atoms with van der Waals surface area (Å²) in [6, 6.07) is 6.53.